The lowest BCUT2D eigenvalue weighted by atomic mass is 10.1. The van der Waals surface area contributed by atoms with Crippen LogP contribution in [0.2, 0.25) is 0 Å². The van der Waals surface area contributed by atoms with E-state index in [9.17, 15) is 0 Å². The van der Waals surface area contributed by atoms with Crippen molar-refractivity contribution in [2.24, 2.45) is 0 Å². The minimum absolute atomic E-state index is 0.153. The Hall–Kier alpha value is -2.51. The van der Waals surface area contributed by atoms with Gasteiger partial charge in [0.2, 0.25) is 11.8 Å². The van der Waals surface area contributed by atoms with Crippen LogP contribution in [-0.4, -0.2) is 51.1 Å². The van der Waals surface area contributed by atoms with Crippen LogP contribution < -0.4 is 0 Å². The summed E-state index contributed by atoms with van der Waals surface area (Å²) in [6.07, 6.45) is 3.70. The molecule has 0 bridgehead atoms. The Kier molecular flexibility index (Phi) is 4.33. The van der Waals surface area contributed by atoms with Crippen LogP contribution in [0, 0.1) is 0 Å². The first-order chi connectivity index (χ1) is 12.2. The molecule has 0 aliphatic carbocycles. The summed E-state index contributed by atoms with van der Waals surface area (Å²) in [4.78, 5) is 2.22. The Morgan fingerprint density at radius 3 is 2.72 bits per heavy atom. The van der Waals surface area contributed by atoms with E-state index in [1.54, 1.807) is 6.20 Å². The first kappa shape index (κ1) is 16.0. The van der Waals surface area contributed by atoms with Crippen LogP contribution in [0.3, 0.4) is 0 Å². The molecule has 2 atom stereocenters. The molecule has 1 aromatic carbocycles. The highest BCUT2D eigenvalue weighted by Gasteiger charge is 2.28. The van der Waals surface area contributed by atoms with E-state index in [4.69, 9.17) is 9.15 Å². The van der Waals surface area contributed by atoms with Crippen molar-refractivity contribution in [3.63, 3.8) is 0 Å². The highest BCUT2D eigenvalue weighted by molar-refractivity contribution is 5.53. The van der Waals surface area contributed by atoms with Crippen LogP contribution in [-0.2, 0) is 11.3 Å². The number of likely N-dealkylation sites (N-methyl/N-ethyl adjacent to an activating group) is 1. The van der Waals surface area contributed by atoms with Crippen LogP contribution in [0.4, 0.5) is 0 Å². The van der Waals surface area contributed by atoms with E-state index in [0.717, 1.165) is 25.2 Å². The molecule has 4 rings (SSSR count). The molecule has 130 valence electrons. The molecule has 3 heterocycles. The molecule has 1 saturated heterocycles. The minimum atomic E-state index is -0.172. The van der Waals surface area contributed by atoms with Crippen LogP contribution in [0.15, 0.2) is 47.1 Å². The summed E-state index contributed by atoms with van der Waals surface area (Å²) in [5, 5.41) is 12.6. The number of hydrogen-bond donors (Lipinski definition) is 0. The predicted octanol–water partition coefficient (Wildman–Crippen LogP) is 2.37. The van der Waals surface area contributed by atoms with Gasteiger partial charge in [-0.25, -0.2) is 0 Å². The van der Waals surface area contributed by atoms with Crippen LogP contribution >= 0.6 is 0 Å². The van der Waals surface area contributed by atoms with Crippen molar-refractivity contribution < 1.29 is 9.15 Å². The highest BCUT2D eigenvalue weighted by atomic mass is 16.5. The predicted molar refractivity (Wildman–Crippen MR) is 91.8 cm³/mol. The zero-order valence-electron chi connectivity index (χ0n) is 14.4. The Labute approximate surface area is 146 Å². The van der Waals surface area contributed by atoms with E-state index in [-0.39, 0.29) is 12.2 Å². The van der Waals surface area contributed by atoms with Gasteiger partial charge in [-0.2, -0.15) is 5.10 Å². The fourth-order valence-electron chi connectivity index (χ4n) is 3.11. The maximum atomic E-state index is 5.92. The van der Waals surface area contributed by atoms with Crippen molar-refractivity contribution in [1.29, 1.82) is 0 Å². The molecule has 0 unspecified atom stereocenters. The third-order valence-electron chi connectivity index (χ3n) is 4.26. The summed E-state index contributed by atoms with van der Waals surface area (Å²) in [5.41, 5.74) is 2.07. The van der Waals surface area contributed by atoms with Crippen molar-refractivity contribution in [2.75, 3.05) is 20.1 Å². The van der Waals surface area contributed by atoms with E-state index < -0.39 is 0 Å². The van der Waals surface area contributed by atoms with Crippen molar-refractivity contribution in [3.8, 4) is 11.5 Å². The van der Waals surface area contributed by atoms with Crippen LogP contribution in [0.25, 0.3) is 11.5 Å². The molecule has 0 spiro atoms. The van der Waals surface area contributed by atoms with Gasteiger partial charge < -0.3 is 14.1 Å². The summed E-state index contributed by atoms with van der Waals surface area (Å²) in [7, 11) is 2.07. The molecule has 0 amide bonds. The first-order valence-electron chi connectivity index (χ1n) is 8.41. The number of morpholine rings is 1. The SMILES string of the molecule is C[C@@H]1CN(C)C[C@H](c2nnc(-c3ccc(Cn4cccn4)cc3)o2)O1. The monoisotopic (exact) mass is 339 g/mol. The Morgan fingerprint density at radius 2 is 2.00 bits per heavy atom. The zero-order valence-corrected chi connectivity index (χ0v) is 14.4. The van der Waals surface area contributed by atoms with Gasteiger partial charge in [-0.1, -0.05) is 12.1 Å². The average Bonchev–Trinajstić information content (AvgIpc) is 3.26. The normalized spacial score (nSPS) is 21.5. The van der Waals surface area contributed by atoms with Gasteiger partial charge in [0, 0.05) is 31.0 Å². The van der Waals surface area contributed by atoms with Crippen molar-refractivity contribution in [3.05, 3.63) is 54.2 Å². The molecule has 1 fully saturated rings. The van der Waals surface area contributed by atoms with Gasteiger partial charge in [0.25, 0.3) is 0 Å². The molecule has 2 aromatic heterocycles. The van der Waals surface area contributed by atoms with E-state index in [2.05, 4.69) is 34.2 Å². The maximum absolute atomic E-state index is 5.92. The number of aromatic nitrogens is 4. The lowest BCUT2D eigenvalue weighted by Gasteiger charge is -2.32. The van der Waals surface area contributed by atoms with Crippen LogP contribution in [0.5, 0.6) is 0 Å². The van der Waals surface area contributed by atoms with Crippen molar-refractivity contribution in [1.82, 2.24) is 24.9 Å². The largest absolute Gasteiger partial charge is 0.418 e. The molecule has 25 heavy (non-hydrogen) atoms. The summed E-state index contributed by atoms with van der Waals surface area (Å²) >= 11 is 0. The minimum Gasteiger partial charge on any atom is -0.418 e. The molecule has 3 aromatic rings. The maximum Gasteiger partial charge on any atom is 0.247 e. The van der Waals surface area contributed by atoms with Gasteiger partial charge in [-0.05, 0) is 37.7 Å². The fourth-order valence-corrected chi connectivity index (χ4v) is 3.11. The van der Waals surface area contributed by atoms with Crippen molar-refractivity contribution in [2.45, 2.75) is 25.7 Å². The molecule has 0 N–H and O–H groups in total. The number of rotatable bonds is 4. The molecule has 1 aliphatic rings. The Morgan fingerprint density at radius 1 is 1.16 bits per heavy atom. The number of benzene rings is 1. The lowest BCUT2D eigenvalue weighted by molar-refractivity contribution is -0.0821. The van der Waals surface area contributed by atoms with Crippen molar-refractivity contribution >= 4 is 0 Å². The highest BCUT2D eigenvalue weighted by Crippen LogP contribution is 2.26. The Bertz CT molecular complexity index is 802. The van der Waals surface area contributed by atoms with Gasteiger partial charge >= 0.3 is 0 Å². The fraction of sp³-hybridized carbons (Fsp3) is 0.389. The summed E-state index contributed by atoms with van der Waals surface area (Å²) in [5.74, 6) is 1.05. The van der Waals surface area contributed by atoms with E-state index in [1.807, 2.05) is 41.2 Å². The van der Waals surface area contributed by atoms with Gasteiger partial charge in [-0.3, -0.25) is 4.68 Å². The molecule has 1 aliphatic heterocycles. The first-order valence-corrected chi connectivity index (χ1v) is 8.41. The van der Waals surface area contributed by atoms with Gasteiger partial charge in [0.1, 0.15) is 6.10 Å². The lowest BCUT2D eigenvalue weighted by Crippen LogP contribution is -2.40. The van der Waals surface area contributed by atoms with Gasteiger partial charge in [-0.15, -0.1) is 10.2 Å². The Balaban J connectivity index is 1.48. The summed E-state index contributed by atoms with van der Waals surface area (Å²) in [6.45, 7) is 4.46. The molecule has 0 radical (unpaired) electrons. The van der Waals surface area contributed by atoms with Crippen LogP contribution in [0.1, 0.15) is 24.5 Å². The smallest absolute Gasteiger partial charge is 0.247 e. The number of ether oxygens (including phenoxy) is 1. The van der Waals surface area contributed by atoms with E-state index in [1.165, 1.54) is 5.56 Å². The summed E-state index contributed by atoms with van der Waals surface area (Å²) in [6, 6.07) is 10.0. The van der Waals surface area contributed by atoms with E-state index in [0.29, 0.717) is 11.8 Å². The molecular weight excluding hydrogens is 318 g/mol. The number of hydrogen-bond acceptors (Lipinski definition) is 6. The molecule has 0 saturated carbocycles. The second-order valence-electron chi connectivity index (χ2n) is 6.50. The van der Waals surface area contributed by atoms with Gasteiger partial charge in [0.05, 0.1) is 12.6 Å². The third-order valence-corrected chi connectivity index (χ3v) is 4.26. The quantitative estimate of drug-likeness (QED) is 0.727. The standard InChI is InChI=1S/C18H21N5O2/c1-13-10-22(2)12-16(24-13)18-21-20-17(25-18)15-6-4-14(5-7-15)11-23-9-3-8-19-23/h3-9,13,16H,10-12H2,1-2H3/t13-,16-/m1/s1. The second kappa shape index (κ2) is 6.78. The number of nitrogens with zero attached hydrogens (tertiary/aromatic N) is 5. The molecule has 7 nitrogen and oxygen atoms in total. The molecule has 7 heteroatoms. The second-order valence-corrected chi connectivity index (χ2v) is 6.50. The summed E-state index contributed by atoms with van der Waals surface area (Å²) < 4.78 is 13.7. The third kappa shape index (κ3) is 3.62. The van der Waals surface area contributed by atoms with E-state index >= 15 is 0 Å². The topological polar surface area (TPSA) is 69.2 Å². The average molecular weight is 339 g/mol. The molecular formula is C18H21N5O2. The zero-order chi connectivity index (χ0) is 17.2. The van der Waals surface area contributed by atoms with Gasteiger partial charge in [0.15, 0.2) is 0 Å².